The predicted octanol–water partition coefficient (Wildman–Crippen LogP) is 2.61. The lowest BCUT2D eigenvalue weighted by molar-refractivity contribution is -0.114. The average molecular weight is 278 g/mol. The number of halogens is 2. The van der Waals surface area contributed by atoms with Crippen LogP contribution in [0.4, 0.5) is 11.4 Å². The standard InChI is InChI=1S/C9H9Cl2N3OS/c1-4(15)13-7-2-6(11)8(3-5(7)10)14-9(12)16/h2-3H,1H3,(H,13,15)(H3,12,14,16). The van der Waals surface area contributed by atoms with Crippen LogP contribution in [0, 0.1) is 0 Å². The maximum Gasteiger partial charge on any atom is 0.221 e. The normalized spacial score (nSPS) is 9.69. The minimum Gasteiger partial charge on any atom is -0.376 e. The number of rotatable bonds is 2. The molecule has 0 aliphatic heterocycles. The van der Waals surface area contributed by atoms with Gasteiger partial charge in [0, 0.05) is 6.92 Å². The average Bonchev–Trinajstić information content (AvgIpc) is 2.11. The maximum atomic E-state index is 10.9. The van der Waals surface area contributed by atoms with Crippen LogP contribution >= 0.6 is 35.4 Å². The van der Waals surface area contributed by atoms with E-state index in [9.17, 15) is 4.79 Å². The summed E-state index contributed by atoms with van der Waals surface area (Å²) in [7, 11) is 0. The third-order valence-corrected chi connectivity index (χ3v) is 2.35. The monoisotopic (exact) mass is 277 g/mol. The second kappa shape index (κ2) is 5.34. The lowest BCUT2D eigenvalue weighted by atomic mass is 10.2. The van der Waals surface area contributed by atoms with Crippen molar-refractivity contribution in [1.29, 1.82) is 0 Å². The molecule has 0 aromatic heterocycles. The molecule has 1 rings (SSSR count). The van der Waals surface area contributed by atoms with Crippen LogP contribution in [0.15, 0.2) is 12.1 Å². The number of benzene rings is 1. The van der Waals surface area contributed by atoms with Crippen LogP contribution in [0.3, 0.4) is 0 Å². The number of carbonyl (C=O) groups excluding carboxylic acids is 1. The molecule has 16 heavy (non-hydrogen) atoms. The number of anilines is 2. The number of nitrogens with two attached hydrogens (primary N) is 1. The number of carbonyl (C=O) groups is 1. The minimum absolute atomic E-state index is 0.0882. The van der Waals surface area contributed by atoms with Crippen molar-refractivity contribution in [3.05, 3.63) is 22.2 Å². The van der Waals surface area contributed by atoms with E-state index in [2.05, 4.69) is 22.9 Å². The molecule has 0 aliphatic rings. The van der Waals surface area contributed by atoms with Gasteiger partial charge in [-0.05, 0) is 24.4 Å². The van der Waals surface area contributed by atoms with E-state index in [1.165, 1.54) is 19.1 Å². The summed E-state index contributed by atoms with van der Waals surface area (Å²) in [5, 5.41) is 6.02. The Balaban J connectivity index is 3.06. The van der Waals surface area contributed by atoms with E-state index in [1.807, 2.05) is 0 Å². The predicted molar refractivity (Wildman–Crippen MR) is 71.2 cm³/mol. The van der Waals surface area contributed by atoms with Crippen LogP contribution in [-0.2, 0) is 4.79 Å². The smallest absolute Gasteiger partial charge is 0.221 e. The summed E-state index contributed by atoms with van der Waals surface area (Å²) < 4.78 is 0. The molecule has 0 fully saturated rings. The molecule has 4 N–H and O–H groups in total. The van der Waals surface area contributed by atoms with E-state index in [-0.39, 0.29) is 11.0 Å². The van der Waals surface area contributed by atoms with Crippen LogP contribution in [-0.4, -0.2) is 11.0 Å². The molecule has 0 atom stereocenters. The van der Waals surface area contributed by atoms with Crippen LogP contribution < -0.4 is 16.4 Å². The first-order valence-electron chi connectivity index (χ1n) is 4.23. The van der Waals surface area contributed by atoms with Crippen molar-refractivity contribution in [1.82, 2.24) is 0 Å². The lowest BCUT2D eigenvalue weighted by Gasteiger charge is -2.10. The topological polar surface area (TPSA) is 67.2 Å². The van der Waals surface area contributed by atoms with Crippen LogP contribution in [0.2, 0.25) is 10.0 Å². The van der Waals surface area contributed by atoms with Gasteiger partial charge < -0.3 is 16.4 Å². The first-order valence-corrected chi connectivity index (χ1v) is 5.39. The molecule has 1 amide bonds. The molecular formula is C9H9Cl2N3OS. The van der Waals surface area contributed by atoms with Crippen LogP contribution in [0.1, 0.15) is 6.92 Å². The summed E-state index contributed by atoms with van der Waals surface area (Å²) in [4.78, 5) is 10.9. The highest BCUT2D eigenvalue weighted by Gasteiger charge is 2.08. The minimum atomic E-state index is -0.229. The Labute approximate surface area is 108 Å². The second-order valence-electron chi connectivity index (χ2n) is 2.98. The number of amides is 1. The van der Waals surface area contributed by atoms with Gasteiger partial charge in [-0.1, -0.05) is 23.2 Å². The molecule has 0 heterocycles. The summed E-state index contributed by atoms with van der Waals surface area (Å²) in [5.41, 5.74) is 6.24. The Kier molecular flexibility index (Phi) is 4.35. The van der Waals surface area contributed by atoms with Crippen molar-refractivity contribution >= 4 is 57.8 Å². The van der Waals surface area contributed by atoms with Gasteiger partial charge in [-0.2, -0.15) is 0 Å². The zero-order chi connectivity index (χ0) is 12.3. The molecule has 1 aromatic carbocycles. The van der Waals surface area contributed by atoms with Crippen molar-refractivity contribution in [2.24, 2.45) is 5.73 Å². The zero-order valence-electron chi connectivity index (χ0n) is 8.30. The Bertz CT molecular complexity index is 409. The number of hydrogen-bond donors (Lipinski definition) is 3. The first kappa shape index (κ1) is 13.0. The van der Waals surface area contributed by atoms with Crippen molar-refractivity contribution in [3.8, 4) is 0 Å². The van der Waals surface area contributed by atoms with Crippen LogP contribution in [0.25, 0.3) is 0 Å². The molecule has 1 aromatic rings. The Morgan fingerprint density at radius 1 is 1.25 bits per heavy atom. The maximum absolute atomic E-state index is 10.9. The highest BCUT2D eigenvalue weighted by atomic mass is 35.5. The molecule has 0 bridgehead atoms. The van der Waals surface area contributed by atoms with E-state index < -0.39 is 0 Å². The molecule has 0 saturated carbocycles. The number of thiocarbonyl (C=S) groups is 1. The van der Waals surface area contributed by atoms with Crippen molar-refractivity contribution in [2.45, 2.75) is 6.92 Å². The number of hydrogen-bond acceptors (Lipinski definition) is 2. The Hall–Kier alpha value is -1.04. The molecule has 0 spiro atoms. The van der Waals surface area contributed by atoms with E-state index >= 15 is 0 Å². The summed E-state index contributed by atoms with van der Waals surface area (Å²) in [6.07, 6.45) is 0. The molecule has 0 aliphatic carbocycles. The summed E-state index contributed by atoms with van der Waals surface area (Å²) in [6, 6.07) is 3.06. The Morgan fingerprint density at radius 2 is 1.69 bits per heavy atom. The van der Waals surface area contributed by atoms with Gasteiger partial charge in [0.05, 0.1) is 21.4 Å². The van der Waals surface area contributed by atoms with Gasteiger partial charge in [-0.15, -0.1) is 0 Å². The molecule has 0 saturated heterocycles. The van der Waals surface area contributed by atoms with Gasteiger partial charge in [-0.3, -0.25) is 4.79 Å². The zero-order valence-corrected chi connectivity index (χ0v) is 10.6. The molecule has 0 radical (unpaired) electrons. The van der Waals surface area contributed by atoms with Gasteiger partial charge in [-0.25, -0.2) is 0 Å². The molecule has 7 heteroatoms. The van der Waals surface area contributed by atoms with Gasteiger partial charge >= 0.3 is 0 Å². The second-order valence-corrected chi connectivity index (χ2v) is 4.24. The number of nitrogens with one attached hydrogen (secondary N) is 2. The highest BCUT2D eigenvalue weighted by molar-refractivity contribution is 7.80. The third kappa shape index (κ3) is 3.52. The summed E-state index contributed by atoms with van der Waals surface area (Å²) in [5.74, 6) is -0.229. The van der Waals surface area contributed by atoms with Crippen molar-refractivity contribution in [2.75, 3.05) is 10.6 Å². The molecule has 0 unspecified atom stereocenters. The van der Waals surface area contributed by atoms with E-state index in [0.29, 0.717) is 21.4 Å². The van der Waals surface area contributed by atoms with Crippen LogP contribution in [0.5, 0.6) is 0 Å². The summed E-state index contributed by atoms with van der Waals surface area (Å²) in [6.45, 7) is 1.38. The van der Waals surface area contributed by atoms with Gasteiger partial charge in [0.1, 0.15) is 0 Å². The molecular weight excluding hydrogens is 269 g/mol. The molecule has 4 nitrogen and oxygen atoms in total. The Morgan fingerprint density at radius 3 is 2.06 bits per heavy atom. The van der Waals surface area contributed by atoms with Gasteiger partial charge in [0.2, 0.25) is 5.91 Å². The molecule has 86 valence electrons. The fourth-order valence-corrected chi connectivity index (χ4v) is 1.59. The lowest BCUT2D eigenvalue weighted by Crippen LogP contribution is -2.19. The van der Waals surface area contributed by atoms with Crippen molar-refractivity contribution in [3.63, 3.8) is 0 Å². The van der Waals surface area contributed by atoms with E-state index in [1.54, 1.807) is 0 Å². The largest absolute Gasteiger partial charge is 0.376 e. The van der Waals surface area contributed by atoms with Crippen molar-refractivity contribution < 1.29 is 4.79 Å². The summed E-state index contributed by atoms with van der Waals surface area (Å²) >= 11 is 16.6. The highest BCUT2D eigenvalue weighted by Crippen LogP contribution is 2.32. The van der Waals surface area contributed by atoms with Gasteiger partial charge in [0.15, 0.2) is 5.11 Å². The fourth-order valence-electron chi connectivity index (χ4n) is 1.06. The van der Waals surface area contributed by atoms with E-state index in [4.69, 9.17) is 28.9 Å². The first-order chi connectivity index (χ1) is 7.40. The van der Waals surface area contributed by atoms with E-state index in [0.717, 1.165) is 0 Å². The van der Waals surface area contributed by atoms with Gasteiger partial charge in [0.25, 0.3) is 0 Å². The SMILES string of the molecule is CC(=O)Nc1cc(Cl)c(NC(N)=S)cc1Cl. The third-order valence-electron chi connectivity index (χ3n) is 1.63. The quantitative estimate of drug-likeness (QED) is 0.727. The fraction of sp³-hybridized carbons (Fsp3) is 0.111.